The molecule has 5 heteroatoms. The number of oxazole rings is 1. The predicted molar refractivity (Wildman–Crippen MR) is 75.0 cm³/mol. The summed E-state index contributed by atoms with van der Waals surface area (Å²) in [4.78, 5) is 16.3. The third kappa shape index (κ3) is 2.21. The number of amides is 1. The number of ether oxygens (including phenoxy) is 1. The van der Waals surface area contributed by atoms with Crippen molar-refractivity contribution >= 4 is 22.7 Å². The first-order chi connectivity index (χ1) is 9.78. The number of nitrogens with zero attached hydrogens (tertiary/aromatic N) is 1. The largest absolute Gasteiger partial charge is 0.496 e. The van der Waals surface area contributed by atoms with Gasteiger partial charge in [0.15, 0.2) is 12.0 Å². The number of anilines is 1. The molecular weight excluding hydrogens is 256 g/mol. The van der Waals surface area contributed by atoms with Gasteiger partial charge >= 0.3 is 0 Å². The van der Waals surface area contributed by atoms with Gasteiger partial charge in [0.2, 0.25) is 0 Å². The molecule has 1 amide bonds. The van der Waals surface area contributed by atoms with E-state index in [1.165, 1.54) is 13.5 Å². The molecule has 0 radical (unpaired) electrons. The topological polar surface area (TPSA) is 64.4 Å². The minimum Gasteiger partial charge on any atom is -0.496 e. The van der Waals surface area contributed by atoms with Crippen LogP contribution in [0, 0.1) is 0 Å². The second-order valence-corrected chi connectivity index (χ2v) is 4.19. The van der Waals surface area contributed by atoms with E-state index in [1.807, 2.05) is 6.07 Å². The van der Waals surface area contributed by atoms with Crippen LogP contribution in [0.3, 0.4) is 0 Å². The fraction of sp³-hybridized carbons (Fsp3) is 0.0667. The minimum absolute atomic E-state index is 0.235. The molecule has 3 rings (SSSR count). The second kappa shape index (κ2) is 5.05. The number of fused-ring (bicyclic) bond motifs is 1. The average molecular weight is 268 g/mol. The van der Waals surface area contributed by atoms with Gasteiger partial charge < -0.3 is 14.5 Å². The molecule has 100 valence electrons. The molecule has 1 heterocycles. The monoisotopic (exact) mass is 268 g/mol. The molecule has 0 saturated heterocycles. The van der Waals surface area contributed by atoms with Gasteiger partial charge in [-0.25, -0.2) is 4.98 Å². The van der Waals surface area contributed by atoms with E-state index in [4.69, 9.17) is 9.15 Å². The summed E-state index contributed by atoms with van der Waals surface area (Å²) < 4.78 is 10.4. The standard InChI is InChI=1S/C15H12N2O3/c1-19-13-5-3-2-4-11(13)15(18)17-10-6-7-12-14(8-10)20-9-16-12/h2-9H,1H3,(H,17,18). The first kappa shape index (κ1) is 12.2. The summed E-state index contributed by atoms with van der Waals surface area (Å²) in [5.41, 5.74) is 2.50. The highest BCUT2D eigenvalue weighted by atomic mass is 16.5. The average Bonchev–Trinajstić information content (AvgIpc) is 2.94. The van der Waals surface area contributed by atoms with Crippen molar-refractivity contribution in [2.45, 2.75) is 0 Å². The van der Waals surface area contributed by atoms with E-state index >= 15 is 0 Å². The normalized spacial score (nSPS) is 10.4. The van der Waals surface area contributed by atoms with E-state index in [-0.39, 0.29) is 5.91 Å². The molecule has 20 heavy (non-hydrogen) atoms. The van der Waals surface area contributed by atoms with Crippen molar-refractivity contribution in [3.8, 4) is 5.75 Å². The number of hydrogen-bond donors (Lipinski definition) is 1. The zero-order valence-corrected chi connectivity index (χ0v) is 10.8. The van der Waals surface area contributed by atoms with Crippen molar-refractivity contribution < 1.29 is 13.9 Å². The van der Waals surface area contributed by atoms with Crippen molar-refractivity contribution in [1.82, 2.24) is 4.98 Å². The number of carbonyl (C=O) groups excluding carboxylic acids is 1. The van der Waals surface area contributed by atoms with Gasteiger partial charge in [-0.05, 0) is 24.3 Å². The molecule has 0 spiro atoms. The number of aromatic nitrogens is 1. The quantitative estimate of drug-likeness (QED) is 0.792. The number of nitrogens with one attached hydrogen (secondary N) is 1. The number of rotatable bonds is 3. The Morgan fingerprint density at radius 2 is 2.10 bits per heavy atom. The van der Waals surface area contributed by atoms with Crippen LogP contribution < -0.4 is 10.1 Å². The van der Waals surface area contributed by atoms with Gasteiger partial charge in [0.25, 0.3) is 5.91 Å². The lowest BCUT2D eigenvalue weighted by molar-refractivity contribution is 0.102. The molecule has 0 atom stereocenters. The van der Waals surface area contributed by atoms with Gasteiger partial charge in [-0.15, -0.1) is 0 Å². The van der Waals surface area contributed by atoms with Gasteiger partial charge in [-0.3, -0.25) is 4.79 Å². The zero-order valence-electron chi connectivity index (χ0n) is 10.8. The highest BCUT2D eigenvalue weighted by Crippen LogP contribution is 2.21. The predicted octanol–water partition coefficient (Wildman–Crippen LogP) is 3.09. The lowest BCUT2D eigenvalue weighted by Gasteiger charge is -2.08. The number of methoxy groups -OCH3 is 1. The number of hydrogen-bond acceptors (Lipinski definition) is 4. The Bertz CT molecular complexity index is 764. The highest BCUT2D eigenvalue weighted by molar-refractivity contribution is 6.06. The molecule has 5 nitrogen and oxygen atoms in total. The lowest BCUT2D eigenvalue weighted by Crippen LogP contribution is -2.12. The van der Waals surface area contributed by atoms with E-state index in [2.05, 4.69) is 10.3 Å². The Labute approximate surface area is 115 Å². The maximum Gasteiger partial charge on any atom is 0.259 e. The molecule has 0 fully saturated rings. The van der Waals surface area contributed by atoms with Crippen molar-refractivity contribution in [2.75, 3.05) is 12.4 Å². The lowest BCUT2D eigenvalue weighted by atomic mass is 10.2. The molecule has 0 aliphatic rings. The van der Waals surface area contributed by atoms with Crippen LogP contribution in [0.4, 0.5) is 5.69 Å². The Kier molecular flexibility index (Phi) is 3.09. The molecule has 3 aromatic rings. The van der Waals surface area contributed by atoms with Gasteiger partial charge in [0.1, 0.15) is 11.3 Å². The van der Waals surface area contributed by atoms with Gasteiger partial charge in [-0.2, -0.15) is 0 Å². The summed E-state index contributed by atoms with van der Waals surface area (Å²) >= 11 is 0. The first-order valence-corrected chi connectivity index (χ1v) is 6.05. The van der Waals surface area contributed by atoms with E-state index in [9.17, 15) is 4.79 Å². The molecule has 1 N–H and O–H groups in total. The Balaban J connectivity index is 1.88. The smallest absolute Gasteiger partial charge is 0.259 e. The SMILES string of the molecule is COc1ccccc1C(=O)Nc1ccc2ncoc2c1. The summed E-state index contributed by atoms with van der Waals surface area (Å²) in [5, 5.41) is 2.81. The number of benzene rings is 2. The van der Waals surface area contributed by atoms with Crippen LogP contribution in [0.15, 0.2) is 53.3 Å². The van der Waals surface area contributed by atoms with E-state index in [1.54, 1.807) is 36.4 Å². The summed E-state index contributed by atoms with van der Waals surface area (Å²) in [7, 11) is 1.53. The molecule has 2 aromatic carbocycles. The van der Waals surface area contributed by atoms with Crippen molar-refractivity contribution in [3.05, 3.63) is 54.4 Å². The molecule has 0 aliphatic heterocycles. The molecule has 0 aliphatic carbocycles. The fourth-order valence-electron chi connectivity index (χ4n) is 1.96. The zero-order chi connectivity index (χ0) is 13.9. The van der Waals surface area contributed by atoms with E-state index in [0.717, 1.165) is 5.52 Å². The fourth-order valence-corrected chi connectivity index (χ4v) is 1.96. The van der Waals surface area contributed by atoms with Crippen molar-refractivity contribution in [3.63, 3.8) is 0 Å². The van der Waals surface area contributed by atoms with Crippen molar-refractivity contribution in [2.24, 2.45) is 0 Å². The molecule has 0 saturated carbocycles. The van der Waals surface area contributed by atoms with Crippen LogP contribution in [0.1, 0.15) is 10.4 Å². The van der Waals surface area contributed by atoms with Crippen LogP contribution in [0.25, 0.3) is 11.1 Å². The third-order valence-corrected chi connectivity index (χ3v) is 2.94. The Morgan fingerprint density at radius 1 is 1.25 bits per heavy atom. The molecule has 0 bridgehead atoms. The number of carbonyl (C=O) groups is 1. The molecule has 1 aromatic heterocycles. The maximum absolute atomic E-state index is 12.2. The first-order valence-electron chi connectivity index (χ1n) is 6.05. The second-order valence-electron chi connectivity index (χ2n) is 4.19. The van der Waals surface area contributed by atoms with Crippen LogP contribution in [0.2, 0.25) is 0 Å². The van der Waals surface area contributed by atoms with Crippen LogP contribution in [-0.2, 0) is 0 Å². The van der Waals surface area contributed by atoms with Crippen molar-refractivity contribution in [1.29, 1.82) is 0 Å². The van der Waals surface area contributed by atoms with Gasteiger partial charge in [0.05, 0.1) is 12.7 Å². The van der Waals surface area contributed by atoms with E-state index < -0.39 is 0 Å². The number of para-hydroxylation sites is 1. The molecular formula is C15H12N2O3. The summed E-state index contributed by atoms with van der Waals surface area (Å²) in [6.45, 7) is 0. The minimum atomic E-state index is -0.235. The Morgan fingerprint density at radius 3 is 2.95 bits per heavy atom. The van der Waals surface area contributed by atoms with E-state index in [0.29, 0.717) is 22.6 Å². The van der Waals surface area contributed by atoms with Crippen LogP contribution >= 0.6 is 0 Å². The third-order valence-electron chi connectivity index (χ3n) is 2.94. The summed E-state index contributed by atoms with van der Waals surface area (Å²) in [5.74, 6) is 0.298. The van der Waals surface area contributed by atoms with Gasteiger partial charge in [0, 0.05) is 11.8 Å². The van der Waals surface area contributed by atoms with Crippen LogP contribution in [-0.4, -0.2) is 18.0 Å². The van der Waals surface area contributed by atoms with Gasteiger partial charge in [-0.1, -0.05) is 12.1 Å². The summed E-state index contributed by atoms with van der Waals surface area (Å²) in [6, 6.07) is 12.4. The highest BCUT2D eigenvalue weighted by Gasteiger charge is 2.12. The maximum atomic E-state index is 12.2. The summed E-state index contributed by atoms with van der Waals surface area (Å²) in [6.07, 6.45) is 1.37. The van der Waals surface area contributed by atoms with Crippen LogP contribution in [0.5, 0.6) is 5.75 Å². The molecule has 0 unspecified atom stereocenters. The Hall–Kier alpha value is -2.82.